The van der Waals surface area contributed by atoms with E-state index in [2.05, 4.69) is 16.9 Å². The number of hydrogen-bond acceptors (Lipinski definition) is 4. The maximum Gasteiger partial charge on any atom is 0.201 e. The highest BCUT2D eigenvalue weighted by molar-refractivity contribution is 5.84. The van der Waals surface area contributed by atoms with Gasteiger partial charge in [0.15, 0.2) is 0 Å². The number of nitrogen functional groups attached to an aromatic ring is 1. The number of hydrogen-bond donors (Lipinski definition) is 1. The molecule has 0 saturated carbocycles. The molecule has 0 bridgehead atoms. The smallest absolute Gasteiger partial charge is 0.201 e. The zero-order valence-electron chi connectivity index (χ0n) is 12.2. The van der Waals surface area contributed by atoms with Gasteiger partial charge in [-0.25, -0.2) is 4.98 Å². The summed E-state index contributed by atoms with van der Waals surface area (Å²) in [6, 6.07) is 7.88. The Kier molecular flexibility index (Phi) is 3.48. The summed E-state index contributed by atoms with van der Waals surface area (Å²) < 4.78 is 7.61. The largest absolute Gasteiger partial charge is 0.492 e. The highest BCUT2D eigenvalue weighted by atomic mass is 16.5. The van der Waals surface area contributed by atoms with Gasteiger partial charge in [0.05, 0.1) is 18.7 Å². The number of aryl methyl sites for hydroxylation is 1. The lowest BCUT2D eigenvalue weighted by Gasteiger charge is -2.09. The first-order valence-electron chi connectivity index (χ1n) is 6.97. The molecule has 0 spiro atoms. The van der Waals surface area contributed by atoms with Crippen molar-refractivity contribution in [2.45, 2.75) is 20.4 Å². The van der Waals surface area contributed by atoms with Gasteiger partial charge in [-0.3, -0.25) is 4.98 Å². The van der Waals surface area contributed by atoms with E-state index in [1.165, 1.54) is 5.56 Å². The maximum absolute atomic E-state index is 6.09. The summed E-state index contributed by atoms with van der Waals surface area (Å²) in [7, 11) is 0. The maximum atomic E-state index is 6.09. The molecule has 3 rings (SSSR count). The number of imidazole rings is 1. The van der Waals surface area contributed by atoms with Crippen LogP contribution >= 0.6 is 0 Å². The minimum atomic E-state index is 0.486. The van der Waals surface area contributed by atoms with Crippen molar-refractivity contribution in [2.75, 3.05) is 12.3 Å². The van der Waals surface area contributed by atoms with E-state index in [0.717, 1.165) is 22.3 Å². The average Bonchev–Trinajstić information content (AvgIpc) is 2.79. The van der Waals surface area contributed by atoms with Crippen LogP contribution < -0.4 is 10.5 Å². The van der Waals surface area contributed by atoms with E-state index in [0.29, 0.717) is 19.1 Å². The summed E-state index contributed by atoms with van der Waals surface area (Å²) in [5, 5.41) is 0. The summed E-state index contributed by atoms with van der Waals surface area (Å²) in [6.45, 7) is 5.28. The second kappa shape index (κ2) is 5.44. The number of para-hydroxylation sites is 1. The van der Waals surface area contributed by atoms with E-state index < -0.39 is 0 Å². The Labute approximate surface area is 123 Å². The molecule has 0 amide bonds. The molecule has 0 radical (unpaired) electrons. The van der Waals surface area contributed by atoms with E-state index in [-0.39, 0.29) is 0 Å². The molecular formula is C16H18N4O. The zero-order chi connectivity index (χ0) is 14.8. The number of anilines is 1. The fraction of sp³-hybridized carbons (Fsp3) is 0.250. The average molecular weight is 282 g/mol. The van der Waals surface area contributed by atoms with E-state index in [4.69, 9.17) is 10.5 Å². The summed E-state index contributed by atoms with van der Waals surface area (Å²) in [5.41, 5.74) is 10.2. The molecule has 2 N–H and O–H groups in total. The van der Waals surface area contributed by atoms with E-state index in [1.54, 1.807) is 6.20 Å². The fourth-order valence-corrected chi connectivity index (χ4v) is 2.41. The fourth-order valence-electron chi connectivity index (χ4n) is 2.41. The van der Waals surface area contributed by atoms with Crippen LogP contribution in [-0.2, 0) is 6.54 Å². The van der Waals surface area contributed by atoms with Crippen molar-refractivity contribution in [3.8, 4) is 5.75 Å². The van der Waals surface area contributed by atoms with Crippen molar-refractivity contribution >= 4 is 17.0 Å². The minimum absolute atomic E-state index is 0.486. The van der Waals surface area contributed by atoms with Gasteiger partial charge in [0, 0.05) is 12.4 Å². The minimum Gasteiger partial charge on any atom is -0.492 e. The molecule has 0 saturated heterocycles. The van der Waals surface area contributed by atoms with Gasteiger partial charge < -0.3 is 15.0 Å². The first-order chi connectivity index (χ1) is 10.2. The molecule has 0 aliphatic carbocycles. The highest BCUT2D eigenvalue weighted by Gasteiger charge is 2.13. The number of ether oxygens (including phenoxy) is 1. The quantitative estimate of drug-likeness (QED) is 0.799. The van der Waals surface area contributed by atoms with Crippen molar-refractivity contribution in [1.82, 2.24) is 14.5 Å². The summed E-state index contributed by atoms with van der Waals surface area (Å²) in [4.78, 5) is 8.64. The Bertz CT molecular complexity index is 779. The zero-order valence-corrected chi connectivity index (χ0v) is 12.2. The Morgan fingerprint density at radius 2 is 2.14 bits per heavy atom. The van der Waals surface area contributed by atoms with Crippen LogP contribution in [0.15, 0.2) is 36.7 Å². The third-order valence-corrected chi connectivity index (χ3v) is 3.55. The summed E-state index contributed by atoms with van der Waals surface area (Å²) >= 11 is 0. The van der Waals surface area contributed by atoms with Crippen molar-refractivity contribution in [3.05, 3.63) is 47.8 Å². The second-order valence-corrected chi connectivity index (χ2v) is 4.92. The molecule has 3 aromatic rings. The molecule has 0 aliphatic heterocycles. The van der Waals surface area contributed by atoms with Gasteiger partial charge in [-0.2, -0.15) is 0 Å². The van der Waals surface area contributed by atoms with E-state index >= 15 is 0 Å². The number of rotatable bonds is 4. The van der Waals surface area contributed by atoms with E-state index in [1.807, 2.05) is 42.0 Å². The van der Waals surface area contributed by atoms with Gasteiger partial charge in [-0.1, -0.05) is 6.07 Å². The van der Waals surface area contributed by atoms with Crippen molar-refractivity contribution in [1.29, 1.82) is 0 Å². The summed E-state index contributed by atoms with van der Waals surface area (Å²) in [6.07, 6.45) is 3.66. The van der Waals surface area contributed by atoms with Crippen molar-refractivity contribution in [3.63, 3.8) is 0 Å². The number of pyridine rings is 1. The third kappa shape index (κ3) is 2.42. The van der Waals surface area contributed by atoms with Gasteiger partial charge >= 0.3 is 0 Å². The van der Waals surface area contributed by atoms with Crippen molar-refractivity contribution < 1.29 is 4.74 Å². The normalized spacial score (nSPS) is 11.0. The van der Waals surface area contributed by atoms with Crippen molar-refractivity contribution in [2.24, 2.45) is 0 Å². The van der Waals surface area contributed by atoms with Crippen LogP contribution in [-0.4, -0.2) is 21.1 Å². The molecule has 2 heterocycles. The molecular weight excluding hydrogens is 264 g/mol. The van der Waals surface area contributed by atoms with Gasteiger partial charge in [0.1, 0.15) is 11.3 Å². The van der Waals surface area contributed by atoms with Crippen LogP contribution in [0.5, 0.6) is 5.75 Å². The molecule has 1 aromatic carbocycles. The standard InChI is InChI=1S/C16H18N4O/c1-3-21-14-6-4-5-13-15(14)19-16(17)20(13)10-12-9-18-8-7-11(12)2/h4-9H,3,10H2,1-2H3,(H2,17,19). The number of aromatic nitrogens is 3. The molecule has 0 aliphatic rings. The predicted molar refractivity (Wildman–Crippen MR) is 83.4 cm³/mol. The molecule has 2 aromatic heterocycles. The van der Waals surface area contributed by atoms with Gasteiger partial charge in [0.2, 0.25) is 5.95 Å². The molecule has 0 fully saturated rings. The Hall–Kier alpha value is -2.56. The lowest BCUT2D eigenvalue weighted by Crippen LogP contribution is -2.06. The van der Waals surface area contributed by atoms with Gasteiger partial charge in [-0.15, -0.1) is 0 Å². The van der Waals surface area contributed by atoms with E-state index in [9.17, 15) is 0 Å². The molecule has 5 nitrogen and oxygen atoms in total. The predicted octanol–water partition coefficient (Wildman–Crippen LogP) is 2.77. The van der Waals surface area contributed by atoms with Crippen LogP contribution in [0.2, 0.25) is 0 Å². The monoisotopic (exact) mass is 282 g/mol. The second-order valence-electron chi connectivity index (χ2n) is 4.92. The van der Waals surface area contributed by atoms with Gasteiger partial charge in [-0.05, 0) is 43.2 Å². The van der Waals surface area contributed by atoms with Gasteiger partial charge in [0.25, 0.3) is 0 Å². The van der Waals surface area contributed by atoms with Crippen LogP contribution in [0, 0.1) is 6.92 Å². The third-order valence-electron chi connectivity index (χ3n) is 3.55. The number of fused-ring (bicyclic) bond motifs is 1. The summed E-state index contributed by atoms with van der Waals surface area (Å²) in [5.74, 6) is 1.25. The number of benzene rings is 1. The molecule has 21 heavy (non-hydrogen) atoms. The Balaban J connectivity index is 2.09. The molecule has 5 heteroatoms. The number of nitrogens with two attached hydrogens (primary N) is 1. The van der Waals surface area contributed by atoms with Crippen LogP contribution in [0.25, 0.3) is 11.0 Å². The molecule has 0 unspecified atom stereocenters. The van der Waals surface area contributed by atoms with Crippen LogP contribution in [0.1, 0.15) is 18.1 Å². The first-order valence-corrected chi connectivity index (χ1v) is 6.97. The topological polar surface area (TPSA) is 66.0 Å². The SMILES string of the molecule is CCOc1cccc2c1nc(N)n2Cc1cnccc1C. The molecule has 108 valence electrons. The Morgan fingerprint density at radius 3 is 2.90 bits per heavy atom. The van der Waals surface area contributed by atoms with Crippen LogP contribution in [0.3, 0.4) is 0 Å². The lowest BCUT2D eigenvalue weighted by atomic mass is 10.1. The van der Waals surface area contributed by atoms with Crippen LogP contribution in [0.4, 0.5) is 5.95 Å². The highest BCUT2D eigenvalue weighted by Crippen LogP contribution is 2.28. The molecule has 0 atom stereocenters. The Morgan fingerprint density at radius 1 is 1.29 bits per heavy atom. The number of nitrogens with zero attached hydrogens (tertiary/aromatic N) is 3. The first kappa shape index (κ1) is 13.4. The lowest BCUT2D eigenvalue weighted by molar-refractivity contribution is 0.343.